The molecule has 0 bridgehead atoms. The molecule has 12 heteroatoms. The second-order valence-electron chi connectivity index (χ2n) is 6.12. The van der Waals surface area contributed by atoms with Crippen molar-refractivity contribution >= 4 is 41.3 Å². The summed E-state index contributed by atoms with van der Waals surface area (Å²) >= 11 is 2.91. The maximum absolute atomic E-state index is 12.7. The van der Waals surface area contributed by atoms with Crippen molar-refractivity contribution in [3.8, 4) is 0 Å². The molecule has 1 saturated heterocycles. The number of rotatable bonds is 8. The van der Waals surface area contributed by atoms with Crippen LogP contribution >= 0.6 is 23.5 Å². The lowest BCUT2D eigenvalue weighted by atomic mass is 10.0. The Balaban J connectivity index is 1.48. The third-order valence-corrected chi connectivity index (χ3v) is 6.64. The number of thioether (sulfide) groups is 2. The van der Waals surface area contributed by atoms with Crippen molar-refractivity contribution in [2.24, 2.45) is 0 Å². The van der Waals surface area contributed by atoms with Gasteiger partial charge in [0.15, 0.2) is 0 Å². The van der Waals surface area contributed by atoms with E-state index < -0.39 is 12.0 Å². The quantitative estimate of drug-likeness (QED) is 0.281. The summed E-state index contributed by atoms with van der Waals surface area (Å²) < 4.78 is 0. The van der Waals surface area contributed by atoms with Crippen LogP contribution in [0, 0.1) is 0 Å². The van der Waals surface area contributed by atoms with E-state index in [-0.39, 0.29) is 17.0 Å². The van der Waals surface area contributed by atoms with Gasteiger partial charge in [-0.05, 0) is 5.57 Å². The molecule has 1 amide bonds. The van der Waals surface area contributed by atoms with Crippen molar-refractivity contribution in [3.63, 3.8) is 0 Å². The highest BCUT2D eigenvalue weighted by atomic mass is 32.2. The summed E-state index contributed by atoms with van der Waals surface area (Å²) in [5, 5.41) is 23.3. The number of aromatic nitrogens is 5. The lowest BCUT2D eigenvalue weighted by molar-refractivity contribution is -0.147. The Morgan fingerprint density at radius 3 is 3.11 bits per heavy atom. The standard InChI is InChI=1S/C16H17N7O3S2/c1-2-3-9-4-17-16(19-9)20-11-13(24)23-12(15(25)26)8(7-28-14(11)23)6-27-10-5-18-22-21-10/h2,4-5,11,14H,1,3,6-7H2,(H,25,26)(H2,17,19,20)(H,18,21,22)/t11?,14-/m0/s1. The Bertz CT molecular complexity index is 940. The molecule has 2 aliphatic heterocycles. The molecule has 4 heterocycles. The molecule has 2 aromatic heterocycles. The summed E-state index contributed by atoms with van der Waals surface area (Å²) in [5.41, 5.74) is 1.57. The molecule has 0 spiro atoms. The predicted molar refractivity (Wildman–Crippen MR) is 105 cm³/mol. The van der Waals surface area contributed by atoms with Gasteiger partial charge in [0.05, 0.1) is 11.9 Å². The van der Waals surface area contributed by atoms with Gasteiger partial charge in [0.25, 0.3) is 5.91 Å². The monoisotopic (exact) mass is 419 g/mol. The van der Waals surface area contributed by atoms with Gasteiger partial charge in [-0.3, -0.25) is 14.8 Å². The van der Waals surface area contributed by atoms with Crippen LogP contribution < -0.4 is 5.32 Å². The van der Waals surface area contributed by atoms with Crippen molar-refractivity contribution in [3.05, 3.63) is 42.0 Å². The molecular formula is C16H17N7O3S2. The average molecular weight is 419 g/mol. The van der Waals surface area contributed by atoms with Gasteiger partial charge in [-0.25, -0.2) is 9.78 Å². The minimum Gasteiger partial charge on any atom is -0.477 e. The fraction of sp³-hybridized carbons (Fsp3) is 0.312. The Hall–Kier alpha value is -2.73. The van der Waals surface area contributed by atoms with E-state index in [2.05, 4.69) is 37.3 Å². The molecule has 0 aliphatic carbocycles. The lowest BCUT2D eigenvalue weighted by Crippen LogP contribution is -2.67. The van der Waals surface area contributed by atoms with Crippen LogP contribution in [-0.2, 0) is 16.0 Å². The van der Waals surface area contributed by atoms with Crippen LogP contribution in [0.15, 0.2) is 41.3 Å². The van der Waals surface area contributed by atoms with Crippen LogP contribution in [0.4, 0.5) is 5.95 Å². The number of nitrogens with zero attached hydrogens (tertiary/aromatic N) is 4. The van der Waals surface area contributed by atoms with Gasteiger partial charge in [0.1, 0.15) is 22.1 Å². The minimum absolute atomic E-state index is 0.0644. The fourth-order valence-electron chi connectivity index (χ4n) is 3.05. The van der Waals surface area contributed by atoms with Crippen molar-refractivity contribution < 1.29 is 14.7 Å². The van der Waals surface area contributed by atoms with Crippen LogP contribution in [0.1, 0.15) is 5.69 Å². The molecule has 2 aliphatic rings. The molecule has 1 unspecified atom stereocenters. The van der Waals surface area contributed by atoms with E-state index in [1.54, 1.807) is 18.5 Å². The van der Waals surface area contributed by atoms with Crippen molar-refractivity contribution in [2.45, 2.75) is 22.9 Å². The summed E-state index contributed by atoms with van der Waals surface area (Å²) in [4.78, 5) is 33.2. The maximum Gasteiger partial charge on any atom is 0.352 e. The Morgan fingerprint density at radius 2 is 2.39 bits per heavy atom. The zero-order chi connectivity index (χ0) is 19.7. The second kappa shape index (κ2) is 7.72. The number of nitrogens with one attached hydrogen (secondary N) is 3. The SMILES string of the molecule is C=CCc1c[nH]c(NC2C(=O)N3C(C(=O)O)=C(CSc4c[nH]nn4)CS[C@@H]23)n1. The number of hydrogen-bond donors (Lipinski definition) is 4. The van der Waals surface area contributed by atoms with Gasteiger partial charge in [-0.15, -0.1) is 23.4 Å². The van der Waals surface area contributed by atoms with Crippen molar-refractivity contribution in [2.75, 3.05) is 16.8 Å². The maximum atomic E-state index is 12.7. The first-order valence-corrected chi connectivity index (χ1v) is 10.4. The number of H-pyrrole nitrogens is 2. The molecule has 2 aromatic rings. The second-order valence-corrected chi connectivity index (χ2v) is 8.22. The molecule has 0 saturated carbocycles. The number of allylic oxidation sites excluding steroid dienone is 1. The summed E-state index contributed by atoms with van der Waals surface area (Å²) in [6.07, 6.45) is 5.76. The number of fused-ring (bicyclic) bond motifs is 1. The summed E-state index contributed by atoms with van der Waals surface area (Å²) in [6, 6.07) is -0.521. The molecule has 1 fully saturated rings. The number of aromatic amines is 2. The Morgan fingerprint density at radius 1 is 1.54 bits per heavy atom. The number of carboxylic acid groups (broad SMARTS) is 1. The number of hydrogen-bond acceptors (Lipinski definition) is 8. The lowest BCUT2D eigenvalue weighted by Gasteiger charge is -2.49. The molecule has 0 radical (unpaired) electrons. The number of carbonyl (C=O) groups excluding carboxylic acids is 1. The zero-order valence-corrected chi connectivity index (χ0v) is 16.2. The number of β-lactam (4-membered cyclic amide) rings is 1. The van der Waals surface area contributed by atoms with Gasteiger partial charge in [0.2, 0.25) is 5.95 Å². The molecule has 146 valence electrons. The molecule has 2 atom stereocenters. The normalized spacial score (nSPS) is 21.3. The van der Waals surface area contributed by atoms with Gasteiger partial charge in [0, 0.05) is 24.1 Å². The number of aliphatic carboxylic acids is 1. The molecular weight excluding hydrogens is 402 g/mol. The number of carbonyl (C=O) groups is 2. The van der Waals surface area contributed by atoms with Crippen molar-refractivity contribution in [1.29, 1.82) is 0 Å². The largest absolute Gasteiger partial charge is 0.477 e. The molecule has 28 heavy (non-hydrogen) atoms. The zero-order valence-electron chi connectivity index (χ0n) is 14.6. The first kappa shape index (κ1) is 18.6. The molecule has 10 nitrogen and oxygen atoms in total. The summed E-state index contributed by atoms with van der Waals surface area (Å²) in [6.45, 7) is 3.67. The Kier molecular flexibility index (Phi) is 5.13. The van der Waals surface area contributed by atoms with E-state index in [1.165, 1.54) is 28.4 Å². The minimum atomic E-state index is -1.10. The molecule has 4 rings (SSSR count). The van der Waals surface area contributed by atoms with E-state index in [4.69, 9.17) is 0 Å². The van der Waals surface area contributed by atoms with E-state index in [1.807, 2.05) is 0 Å². The fourth-order valence-corrected chi connectivity index (χ4v) is 5.32. The number of amides is 1. The van der Waals surface area contributed by atoms with Crippen LogP contribution in [0.5, 0.6) is 0 Å². The van der Waals surface area contributed by atoms with E-state index in [0.717, 1.165) is 5.69 Å². The van der Waals surface area contributed by atoms with Crippen LogP contribution in [0.25, 0.3) is 0 Å². The highest BCUT2D eigenvalue weighted by molar-refractivity contribution is 8.01. The van der Waals surface area contributed by atoms with Gasteiger partial charge >= 0.3 is 5.97 Å². The van der Waals surface area contributed by atoms with Crippen molar-refractivity contribution in [1.82, 2.24) is 30.3 Å². The summed E-state index contributed by atoms with van der Waals surface area (Å²) in [5.74, 6) is 0.0701. The molecule has 0 aromatic carbocycles. The van der Waals surface area contributed by atoms with E-state index in [9.17, 15) is 14.7 Å². The van der Waals surface area contributed by atoms with Crippen LogP contribution in [0.2, 0.25) is 0 Å². The average Bonchev–Trinajstić information content (AvgIpc) is 3.35. The van der Waals surface area contributed by atoms with Gasteiger partial charge in [-0.1, -0.05) is 23.1 Å². The first-order chi connectivity index (χ1) is 13.6. The predicted octanol–water partition coefficient (Wildman–Crippen LogP) is 1.08. The number of carboxylic acids is 1. The van der Waals surface area contributed by atoms with Crippen LogP contribution in [-0.4, -0.2) is 70.2 Å². The Labute approximate surface area is 168 Å². The third-order valence-electron chi connectivity index (χ3n) is 4.32. The van der Waals surface area contributed by atoms with E-state index >= 15 is 0 Å². The molecule has 4 N–H and O–H groups in total. The topological polar surface area (TPSA) is 140 Å². The smallest absolute Gasteiger partial charge is 0.352 e. The van der Waals surface area contributed by atoms with E-state index in [0.29, 0.717) is 34.5 Å². The number of imidazole rings is 1. The highest BCUT2D eigenvalue weighted by Gasteiger charge is 2.53. The van der Waals surface area contributed by atoms with Crippen LogP contribution in [0.3, 0.4) is 0 Å². The summed E-state index contributed by atoms with van der Waals surface area (Å²) in [7, 11) is 0. The van der Waals surface area contributed by atoms with Gasteiger partial charge < -0.3 is 15.4 Å². The highest BCUT2D eigenvalue weighted by Crippen LogP contribution is 2.42. The first-order valence-electron chi connectivity index (χ1n) is 8.39. The number of anilines is 1. The third kappa shape index (κ3) is 3.40. The van der Waals surface area contributed by atoms with Gasteiger partial charge in [-0.2, -0.15) is 0 Å².